The molecule has 2 aromatic rings. The zero-order valence-corrected chi connectivity index (χ0v) is 13.8. The van der Waals surface area contributed by atoms with Crippen molar-refractivity contribution in [3.63, 3.8) is 0 Å². The molecular weight excluding hydrogens is 314 g/mol. The van der Waals surface area contributed by atoms with Crippen LogP contribution in [0.1, 0.15) is 22.4 Å². The molecule has 5 nitrogen and oxygen atoms in total. The zero-order chi connectivity index (χ0) is 14.6. The first-order chi connectivity index (χ1) is 9.55. The number of thiazole rings is 1. The minimum Gasteiger partial charge on any atom is -0.316 e. The van der Waals surface area contributed by atoms with Crippen molar-refractivity contribution >= 4 is 32.7 Å². The molecule has 0 saturated heterocycles. The van der Waals surface area contributed by atoms with Crippen LogP contribution in [0.15, 0.2) is 21.9 Å². The molecule has 20 heavy (non-hydrogen) atoms. The number of nitrogens with zero attached hydrogens (tertiary/aromatic N) is 1. The molecule has 2 heterocycles. The zero-order valence-electron chi connectivity index (χ0n) is 11.3. The Bertz CT molecular complexity index is 661. The lowest BCUT2D eigenvalue weighted by Gasteiger charge is -2.02. The molecule has 0 aliphatic heterocycles. The van der Waals surface area contributed by atoms with Crippen molar-refractivity contribution in [3.05, 3.63) is 33.1 Å². The first-order valence-electron chi connectivity index (χ1n) is 6.20. The highest BCUT2D eigenvalue weighted by Gasteiger charge is 2.17. The standard InChI is InChI=1S/C12H17N3O2S3/c1-3-10-6-14-11(19-10)7-15-20(16,17)12-4-9(5-13-2)8-18-12/h4,6,8,13,15H,3,5,7H2,1-2H3. The molecule has 0 aliphatic rings. The molecule has 0 aliphatic carbocycles. The van der Waals surface area contributed by atoms with Gasteiger partial charge in [0.1, 0.15) is 9.22 Å². The smallest absolute Gasteiger partial charge is 0.250 e. The Kier molecular flexibility index (Phi) is 5.28. The van der Waals surface area contributed by atoms with E-state index in [0.29, 0.717) is 10.8 Å². The second-order valence-corrected chi connectivity index (χ2v) is 8.31. The third-order valence-electron chi connectivity index (χ3n) is 2.64. The normalized spacial score (nSPS) is 11.9. The molecule has 0 saturated carbocycles. The molecular formula is C12H17N3O2S3. The van der Waals surface area contributed by atoms with Crippen LogP contribution < -0.4 is 10.0 Å². The number of nitrogens with one attached hydrogen (secondary N) is 2. The predicted octanol–water partition coefficient (Wildman–Crippen LogP) is 1.96. The Morgan fingerprint density at radius 1 is 1.35 bits per heavy atom. The van der Waals surface area contributed by atoms with Gasteiger partial charge in [-0.2, -0.15) is 0 Å². The maximum absolute atomic E-state index is 12.2. The van der Waals surface area contributed by atoms with Gasteiger partial charge in [-0.3, -0.25) is 0 Å². The second-order valence-electron chi connectivity index (χ2n) is 4.20. The van der Waals surface area contributed by atoms with Crippen LogP contribution in [0, 0.1) is 0 Å². The van der Waals surface area contributed by atoms with Gasteiger partial charge in [0.15, 0.2) is 0 Å². The maximum atomic E-state index is 12.2. The lowest BCUT2D eigenvalue weighted by Crippen LogP contribution is -2.22. The Morgan fingerprint density at radius 2 is 2.15 bits per heavy atom. The summed E-state index contributed by atoms with van der Waals surface area (Å²) in [6, 6.07) is 1.70. The van der Waals surface area contributed by atoms with Gasteiger partial charge in [0, 0.05) is 17.6 Å². The average Bonchev–Trinajstić information content (AvgIpc) is 3.06. The lowest BCUT2D eigenvalue weighted by molar-refractivity contribution is 0.583. The van der Waals surface area contributed by atoms with Gasteiger partial charge < -0.3 is 5.32 Å². The number of hydrogen-bond acceptors (Lipinski definition) is 6. The summed E-state index contributed by atoms with van der Waals surface area (Å²) in [7, 11) is -1.61. The predicted molar refractivity (Wildman–Crippen MR) is 82.6 cm³/mol. The largest absolute Gasteiger partial charge is 0.316 e. The van der Waals surface area contributed by atoms with Crippen LogP contribution in [0.5, 0.6) is 0 Å². The number of thiophene rings is 1. The third kappa shape index (κ3) is 3.86. The number of sulfonamides is 1. The van der Waals surface area contributed by atoms with E-state index in [0.717, 1.165) is 21.9 Å². The van der Waals surface area contributed by atoms with E-state index in [9.17, 15) is 8.42 Å². The Balaban J connectivity index is 2.02. The number of rotatable bonds is 7. The average molecular weight is 331 g/mol. The Hall–Kier alpha value is -0.800. The Morgan fingerprint density at radius 3 is 2.80 bits per heavy atom. The summed E-state index contributed by atoms with van der Waals surface area (Å²) < 4.78 is 27.2. The Labute approximate surface area is 127 Å². The molecule has 2 N–H and O–H groups in total. The number of hydrogen-bond donors (Lipinski definition) is 2. The van der Waals surface area contributed by atoms with E-state index in [1.165, 1.54) is 22.7 Å². The van der Waals surface area contributed by atoms with Crippen LogP contribution >= 0.6 is 22.7 Å². The fourth-order valence-corrected chi connectivity index (χ4v) is 4.75. The molecule has 0 radical (unpaired) electrons. The molecule has 0 atom stereocenters. The van der Waals surface area contributed by atoms with Crippen LogP contribution in [0.2, 0.25) is 0 Å². The van der Waals surface area contributed by atoms with Crippen LogP contribution in [0.25, 0.3) is 0 Å². The molecule has 0 spiro atoms. The van der Waals surface area contributed by atoms with E-state index in [1.54, 1.807) is 12.3 Å². The molecule has 110 valence electrons. The summed E-state index contributed by atoms with van der Waals surface area (Å²) >= 11 is 2.77. The first kappa shape index (κ1) is 15.6. The number of aromatic nitrogens is 1. The molecule has 0 bridgehead atoms. The van der Waals surface area contributed by atoms with Crippen molar-refractivity contribution in [2.24, 2.45) is 0 Å². The van der Waals surface area contributed by atoms with E-state index in [2.05, 4.69) is 21.9 Å². The van der Waals surface area contributed by atoms with Crippen molar-refractivity contribution in [2.45, 2.75) is 30.6 Å². The molecule has 0 amide bonds. The molecule has 2 aromatic heterocycles. The van der Waals surface area contributed by atoms with Gasteiger partial charge in [-0.05, 0) is 30.5 Å². The van der Waals surface area contributed by atoms with Crippen LogP contribution in [0.3, 0.4) is 0 Å². The van der Waals surface area contributed by atoms with E-state index in [1.807, 2.05) is 12.4 Å². The first-order valence-corrected chi connectivity index (χ1v) is 9.38. The van der Waals surface area contributed by atoms with Crippen LogP contribution in [-0.4, -0.2) is 20.4 Å². The minimum absolute atomic E-state index is 0.242. The third-order valence-corrected chi connectivity index (χ3v) is 6.67. The lowest BCUT2D eigenvalue weighted by atomic mass is 10.3. The molecule has 8 heteroatoms. The fourth-order valence-electron chi connectivity index (χ4n) is 1.61. The summed E-state index contributed by atoms with van der Waals surface area (Å²) in [6.45, 7) is 2.96. The summed E-state index contributed by atoms with van der Waals surface area (Å²) in [6.07, 6.45) is 2.72. The van der Waals surface area contributed by atoms with E-state index in [-0.39, 0.29) is 6.54 Å². The van der Waals surface area contributed by atoms with Crippen molar-refractivity contribution in [2.75, 3.05) is 7.05 Å². The van der Waals surface area contributed by atoms with Gasteiger partial charge in [-0.15, -0.1) is 22.7 Å². The molecule has 0 unspecified atom stereocenters. The van der Waals surface area contributed by atoms with Gasteiger partial charge in [0.25, 0.3) is 0 Å². The summed E-state index contributed by atoms with van der Waals surface area (Å²) in [4.78, 5) is 5.36. The topological polar surface area (TPSA) is 71.1 Å². The maximum Gasteiger partial charge on any atom is 0.250 e. The SMILES string of the molecule is CCc1cnc(CNS(=O)(=O)c2cc(CNC)cs2)s1. The molecule has 0 fully saturated rings. The van der Waals surface area contributed by atoms with Crippen molar-refractivity contribution < 1.29 is 8.42 Å². The monoisotopic (exact) mass is 331 g/mol. The fraction of sp³-hybridized carbons (Fsp3) is 0.417. The molecule has 2 rings (SSSR count). The summed E-state index contributed by atoms with van der Waals surface area (Å²) in [5.74, 6) is 0. The molecule has 0 aromatic carbocycles. The highest BCUT2D eigenvalue weighted by Crippen LogP contribution is 2.21. The second kappa shape index (κ2) is 6.77. The van der Waals surface area contributed by atoms with Gasteiger partial charge in [-0.1, -0.05) is 6.92 Å². The van der Waals surface area contributed by atoms with E-state index < -0.39 is 10.0 Å². The highest BCUT2D eigenvalue weighted by molar-refractivity contribution is 7.91. The summed E-state index contributed by atoms with van der Waals surface area (Å²) in [5.41, 5.74) is 0.973. The van der Waals surface area contributed by atoms with Crippen molar-refractivity contribution in [3.8, 4) is 0 Å². The van der Waals surface area contributed by atoms with Crippen LogP contribution in [-0.2, 0) is 29.5 Å². The van der Waals surface area contributed by atoms with Gasteiger partial charge in [0.05, 0.1) is 6.54 Å². The van der Waals surface area contributed by atoms with Gasteiger partial charge >= 0.3 is 0 Å². The van der Waals surface area contributed by atoms with E-state index in [4.69, 9.17) is 0 Å². The highest BCUT2D eigenvalue weighted by atomic mass is 32.2. The summed E-state index contributed by atoms with van der Waals surface area (Å²) in [5, 5.41) is 5.64. The van der Waals surface area contributed by atoms with E-state index >= 15 is 0 Å². The van der Waals surface area contributed by atoms with Gasteiger partial charge in [-0.25, -0.2) is 18.1 Å². The number of aryl methyl sites for hydroxylation is 1. The minimum atomic E-state index is -3.45. The van der Waals surface area contributed by atoms with Crippen LogP contribution in [0.4, 0.5) is 0 Å². The quantitative estimate of drug-likeness (QED) is 0.814. The van der Waals surface area contributed by atoms with Gasteiger partial charge in [0.2, 0.25) is 10.0 Å². The van der Waals surface area contributed by atoms with Crippen molar-refractivity contribution in [1.29, 1.82) is 0 Å². The van der Waals surface area contributed by atoms with Crippen molar-refractivity contribution in [1.82, 2.24) is 15.0 Å².